The molecule has 0 aliphatic heterocycles. The Morgan fingerprint density at radius 2 is 1.62 bits per heavy atom. The largest absolute Gasteiger partial charge is 0.496 e. The van der Waals surface area contributed by atoms with Crippen molar-refractivity contribution in [3.8, 4) is 11.5 Å². The van der Waals surface area contributed by atoms with E-state index < -0.39 is 18.5 Å². The molecule has 2 aromatic carbocycles. The lowest BCUT2D eigenvalue weighted by Gasteiger charge is -2.18. The molecule has 0 aliphatic carbocycles. The average molecular weight is 411 g/mol. The molecular weight excluding hydrogens is 390 g/mol. The van der Waals surface area contributed by atoms with E-state index in [0.29, 0.717) is 11.5 Å². The predicted molar refractivity (Wildman–Crippen MR) is 111 cm³/mol. The maximum Gasteiger partial charge on any atom is 0.346 e. The van der Waals surface area contributed by atoms with Crippen LogP contribution >= 0.6 is 11.3 Å². The van der Waals surface area contributed by atoms with E-state index in [4.69, 9.17) is 14.2 Å². The van der Waals surface area contributed by atoms with Gasteiger partial charge in [0.2, 0.25) is 0 Å². The number of nitrogens with one attached hydrogen (secondary N) is 1. The first kappa shape index (κ1) is 20.4. The quantitative estimate of drug-likeness (QED) is 0.571. The van der Waals surface area contributed by atoms with Crippen molar-refractivity contribution in [3.05, 3.63) is 82.0 Å². The summed E-state index contributed by atoms with van der Waals surface area (Å²) >= 11 is 1.54. The number of amides is 1. The first-order valence-corrected chi connectivity index (χ1v) is 9.77. The molecule has 1 amide bonds. The number of rotatable bonds is 8. The Kier molecular flexibility index (Phi) is 6.86. The number of carbonyl (C=O) groups excluding carboxylic acids is 2. The molecule has 0 spiro atoms. The smallest absolute Gasteiger partial charge is 0.346 e. The van der Waals surface area contributed by atoms with Crippen LogP contribution in [0.25, 0.3) is 0 Å². The van der Waals surface area contributed by atoms with Gasteiger partial charge in [-0.3, -0.25) is 4.79 Å². The summed E-state index contributed by atoms with van der Waals surface area (Å²) in [6.07, 6.45) is 0. The van der Waals surface area contributed by atoms with E-state index in [-0.39, 0.29) is 11.6 Å². The number of esters is 1. The van der Waals surface area contributed by atoms with Gasteiger partial charge in [0.15, 0.2) is 6.61 Å². The molecule has 3 aromatic rings. The molecule has 6 nitrogen and oxygen atoms in total. The molecule has 0 aliphatic rings. The standard InChI is InChI=1S/C22H21NO5S/c1-26-16-10-6-11-17(27-2)20(16)22(25)28-14-19(24)23-21(18-12-7-13-29-18)15-8-4-3-5-9-15/h3-13,21H,14H2,1-2H3,(H,23,24). The van der Waals surface area contributed by atoms with Crippen molar-refractivity contribution >= 4 is 23.2 Å². The highest BCUT2D eigenvalue weighted by atomic mass is 32.1. The van der Waals surface area contributed by atoms with Crippen LogP contribution in [0.3, 0.4) is 0 Å². The van der Waals surface area contributed by atoms with Crippen LogP contribution in [0.5, 0.6) is 11.5 Å². The topological polar surface area (TPSA) is 73.9 Å². The number of carbonyl (C=O) groups is 2. The third-order valence-electron chi connectivity index (χ3n) is 4.23. The predicted octanol–water partition coefficient (Wildman–Crippen LogP) is 3.83. The first-order chi connectivity index (χ1) is 14.1. The van der Waals surface area contributed by atoms with E-state index in [9.17, 15) is 9.59 Å². The SMILES string of the molecule is COc1cccc(OC)c1C(=O)OCC(=O)NC(c1ccccc1)c1cccs1. The maximum atomic E-state index is 12.5. The Labute approximate surface area is 173 Å². The van der Waals surface area contributed by atoms with Gasteiger partial charge in [-0.25, -0.2) is 4.79 Å². The fourth-order valence-corrected chi connectivity index (χ4v) is 3.68. The van der Waals surface area contributed by atoms with Crippen LogP contribution in [0.2, 0.25) is 0 Å². The van der Waals surface area contributed by atoms with Gasteiger partial charge in [-0.05, 0) is 29.1 Å². The van der Waals surface area contributed by atoms with Gasteiger partial charge in [0, 0.05) is 4.88 Å². The zero-order valence-corrected chi connectivity index (χ0v) is 16.9. The Balaban J connectivity index is 1.70. The molecule has 0 bridgehead atoms. The van der Waals surface area contributed by atoms with Crippen LogP contribution in [0.4, 0.5) is 0 Å². The van der Waals surface area contributed by atoms with Crippen LogP contribution in [-0.4, -0.2) is 32.7 Å². The van der Waals surface area contributed by atoms with Gasteiger partial charge in [0.1, 0.15) is 17.1 Å². The zero-order valence-electron chi connectivity index (χ0n) is 16.1. The van der Waals surface area contributed by atoms with E-state index in [0.717, 1.165) is 10.4 Å². The molecule has 1 N–H and O–H groups in total. The second-order valence-electron chi connectivity index (χ2n) is 6.04. The molecule has 0 fully saturated rings. The van der Waals surface area contributed by atoms with Crippen LogP contribution in [-0.2, 0) is 9.53 Å². The lowest BCUT2D eigenvalue weighted by atomic mass is 10.1. The highest BCUT2D eigenvalue weighted by Crippen LogP contribution is 2.29. The van der Waals surface area contributed by atoms with Crippen LogP contribution in [0, 0.1) is 0 Å². The van der Waals surface area contributed by atoms with Crippen molar-refractivity contribution < 1.29 is 23.8 Å². The minimum Gasteiger partial charge on any atom is -0.496 e. The normalized spacial score (nSPS) is 11.4. The van der Waals surface area contributed by atoms with E-state index in [1.165, 1.54) is 14.2 Å². The van der Waals surface area contributed by atoms with Crippen molar-refractivity contribution in [3.63, 3.8) is 0 Å². The Hall–Kier alpha value is -3.32. The Bertz CT molecular complexity index is 934. The summed E-state index contributed by atoms with van der Waals surface area (Å²) in [5, 5.41) is 4.88. The highest BCUT2D eigenvalue weighted by molar-refractivity contribution is 7.10. The molecule has 0 radical (unpaired) electrons. The molecule has 29 heavy (non-hydrogen) atoms. The number of thiophene rings is 1. The highest BCUT2D eigenvalue weighted by Gasteiger charge is 2.22. The van der Waals surface area contributed by atoms with E-state index in [1.807, 2.05) is 47.8 Å². The Morgan fingerprint density at radius 1 is 0.931 bits per heavy atom. The van der Waals surface area contributed by atoms with Crippen molar-refractivity contribution in [1.29, 1.82) is 0 Å². The van der Waals surface area contributed by atoms with Gasteiger partial charge in [-0.15, -0.1) is 11.3 Å². The molecule has 1 atom stereocenters. The minimum absolute atomic E-state index is 0.142. The summed E-state index contributed by atoms with van der Waals surface area (Å²) < 4.78 is 15.6. The first-order valence-electron chi connectivity index (χ1n) is 8.90. The lowest BCUT2D eigenvalue weighted by Crippen LogP contribution is -2.32. The second kappa shape index (κ2) is 9.75. The molecule has 3 rings (SSSR count). The van der Waals surface area contributed by atoms with E-state index in [1.54, 1.807) is 29.5 Å². The Morgan fingerprint density at radius 3 is 2.21 bits per heavy atom. The molecule has 0 saturated carbocycles. The zero-order chi connectivity index (χ0) is 20.6. The summed E-state index contributed by atoms with van der Waals surface area (Å²) in [7, 11) is 2.90. The van der Waals surface area contributed by atoms with Crippen molar-refractivity contribution in [2.75, 3.05) is 20.8 Å². The second-order valence-corrected chi connectivity index (χ2v) is 7.02. The summed E-state index contributed by atoms with van der Waals surface area (Å²) in [4.78, 5) is 26.0. The number of ether oxygens (including phenoxy) is 3. The van der Waals surface area contributed by atoms with Crippen molar-refractivity contribution in [2.45, 2.75) is 6.04 Å². The monoisotopic (exact) mass is 411 g/mol. The van der Waals surface area contributed by atoms with Gasteiger partial charge in [-0.1, -0.05) is 42.5 Å². The summed E-state index contributed by atoms with van der Waals surface area (Å²) in [5.74, 6) is -0.470. The maximum absolute atomic E-state index is 12.5. The number of hydrogen-bond acceptors (Lipinski definition) is 6. The summed E-state index contributed by atoms with van der Waals surface area (Å²) in [5.41, 5.74) is 1.09. The number of methoxy groups -OCH3 is 2. The molecule has 1 unspecified atom stereocenters. The summed E-state index contributed by atoms with van der Waals surface area (Å²) in [6.45, 7) is -0.422. The van der Waals surface area contributed by atoms with Gasteiger partial charge < -0.3 is 19.5 Å². The summed E-state index contributed by atoms with van der Waals surface area (Å²) in [6, 6.07) is 18.1. The molecular formula is C22H21NO5S. The molecule has 150 valence electrons. The fraction of sp³-hybridized carbons (Fsp3) is 0.182. The average Bonchev–Trinajstić information content (AvgIpc) is 3.30. The fourth-order valence-electron chi connectivity index (χ4n) is 2.88. The van der Waals surface area contributed by atoms with Crippen LogP contribution < -0.4 is 14.8 Å². The van der Waals surface area contributed by atoms with E-state index >= 15 is 0 Å². The minimum atomic E-state index is -0.693. The number of hydrogen-bond donors (Lipinski definition) is 1. The molecule has 7 heteroatoms. The lowest BCUT2D eigenvalue weighted by molar-refractivity contribution is -0.124. The van der Waals surface area contributed by atoms with Gasteiger partial charge in [0.05, 0.1) is 20.3 Å². The van der Waals surface area contributed by atoms with E-state index in [2.05, 4.69) is 5.32 Å². The van der Waals surface area contributed by atoms with Crippen LogP contribution in [0.15, 0.2) is 66.0 Å². The van der Waals surface area contributed by atoms with Gasteiger partial charge in [-0.2, -0.15) is 0 Å². The molecule has 1 aromatic heterocycles. The molecule has 1 heterocycles. The van der Waals surface area contributed by atoms with Gasteiger partial charge >= 0.3 is 5.97 Å². The number of benzene rings is 2. The van der Waals surface area contributed by atoms with Crippen LogP contribution in [0.1, 0.15) is 26.8 Å². The molecule has 0 saturated heterocycles. The third kappa shape index (κ3) is 4.94. The van der Waals surface area contributed by atoms with Crippen molar-refractivity contribution in [1.82, 2.24) is 5.32 Å². The third-order valence-corrected chi connectivity index (χ3v) is 5.17. The van der Waals surface area contributed by atoms with Gasteiger partial charge in [0.25, 0.3) is 5.91 Å². The van der Waals surface area contributed by atoms with Crippen molar-refractivity contribution in [2.24, 2.45) is 0 Å².